The van der Waals surface area contributed by atoms with Gasteiger partial charge in [0, 0.05) is 16.0 Å². The van der Waals surface area contributed by atoms with E-state index in [-0.39, 0.29) is 13.2 Å². The molecule has 2 aliphatic rings. The molecule has 5 nitrogen and oxygen atoms in total. The lowest BCUT2D eigenvalue weighted by atomic mass is 9.89. The van der Waals surface area contributed by atoms with E-state index in [0.29, 0.717) is 5.75 Å². The summed E-state index contributed by atoms with van der Waals surface area (Å²) in [6, 6.07) is 5.87. The van der Waals surface area contributed by atoms with Crippen LogP contribution < -0.4 is 9.47 Å². The van der Waals surface area contributed by atoms with Gasteiger partial charge in [-0.3, -0.25) is 4.79 Å². The summed E-state index contributed by atoms with van der Waals surface area (Å²) >= 11 is 1.76. The first-order chi connectivity index (χ1) is 13.1. The standard InChI is InChI=1S/C21H19NO4S/c1-11-14(9-18(23)24)19(12-6-7-15-16(8-12)26-10-25-15)20-13-4-2-3-5-17(13)27-21(20)22-11/h6-8H,2-5,9-10H2,1H3,(H,23,24). The van der Waals surface area contributed by atoms with Gasteiger partial charge in [-0.2, -0.15) is 0 Å². The lowest BCUT2D eigenvalue weighted by Crippen LogP contribution is -2.07. The Morgan fingerprint density at radius 1 is 1.22 bits per heavy atom. The first kappa shape index (κ1) is 16.6. The van der Waals surface area contributed by atoms with E-state index >= 15 is 0 Å². The molecule has 5 rings (SSSR count). The molecule has 0 radical (unpaired) electrons. The fourth-order valence-electron chi connectivity index (χ4n) is 4.18. The summed E-state index contributed by atoms with van der Waals surface area (Å²) in [4.78, 5) is 18.8. The fraction of sp³-hybridized carbons (Fsp3) is 0.333. The number of aliphatic carboxylic acids is 1. The Bertz CT molecular complexity index is 1090. The topological polar surface area (TPSA) is 68.7 Å². The second-order valence-electron chi connectivity index (χ2n) is 7.08. The number of benzene rings is 1. The number of fused-ring (bicyclic) bond motifs is 4. The van der Waals surface area contributed by atoms with Crippen molar-refractivity contribution in [1.29, 1.82) is 0 Å². The quantitative estimate of drug-likeness (QED) is 0.723. The Kier molecular flexibility index (Phi) is 3.82. The summed E-state index contributed by atoms with van der Waals surface area (Å²) < 4.78 is 11.0. The van der Waals surface area contributed by atoms with Gasteiger partial charge in [0.05, 0.1) is 6.42 Å². The molecule has 2 aromatic heterocycles. The third-order valence-electron chi connectivity index (χ3n) is 5.40. The Labute approximate surface area is 160 Å². The zero-order valence-electron chi connectivity index (χ0n) is 15.0. The van der Waals surface area contributed by atoms with Crippen molar-refractivity contribution in [1.82, 2.24) is 4.98 Å². The number of nitrogens with zero attached hydrogens (tertiary/aromatic N) is 1. The third kappa shape index (κ3) is 2.67. The van der Waals surface area contributed by atoms with E-state index in [4.69, 9.17) is 14.5 Å². The Balaban J connectivity index is 1.84. The summed E-state index contributed by atoms with van der Waals surface area (Å²) in [6.07, 6.45) is 4.46. The van der Waals surface area contributed by atoms with E-state index in [1.165, 1.54) is 23.3 Å². The van der Waals surface area contributed by atoms with Gasteiger partial charge in [0.25, 0.3) is 0 Å². The van der Waals surface area contributed by atoms with E-state index in [1.807, 2.05) is 25.1 Å². The molecule has 1 aliphatic heterocycles. The first-order valence-corrected chi connectivity index (χ1v) is 9.99. The smallest absolute Gasteiger partial charge is 0.307 e. The Morgan fingerprint density at radius 2 is 2.04 bits per heavy atom. The SMILES string of the molecule is Cc1nc2sc3c(c2c(-c2ccc4c(c2)OCO4)c1CC(=O)O)CCCC3. The molecule has 27 heavy (non-hydrogen) atoms. The number of carboxylic acid groups (broad SMARTS) is 1. The molecular weight excluding hydrogens is 362 g/mol. The summed E-state index contributed by atoms with van der Waals surface area (Å²) in [5.41, 5.74) is 4.90. The van der Waals surface area contributed by atoms with Crippen molar-refractivity contribution in [2.45, 2.75) is 39.0 Å². The van der Waals surface area contributed by atoms with E-state index in [9.17, 15) is 9.90 Å². The molecule has 1 aliphatic carbocycles. The summed E-state index contributed by atoms with van der Waals surface area (Å²) in [5.74, 6) is 0.596. The van der Waals surface area contributed by atoms with Crippen LogP contribution in [0.3, 0.4) is 0 Å². The first-order valence-electron chi connectivity index (χ1n) is 9.17. The molecule has 0 fully saturated rings. The number of rotatable bonds is 3. The Morgan fingerprint density at radius 3 is 2.89 bits per heavy atom. The molecule has 3 heterocycles. The number of thiophene rings is 1. The van der Waals surface area contributed by atoms with Crippen molar-refractivity contribution >= 4 is 27.5 Å². The molecular formula is C21H19NO4S. The zero-order chi connectivity index (χ0) is 18.5. The summed E-state index contributed by atoms with van der Waals surface area (Å²) in [6.45, 7) is 2.13. The molecule has 0 saturated carbocycles. The fourth-order valence-corrected chi connectivity index (χ4v) is 5.49. The largest absolute Gasteiger partial charge is 0.481 e. The predicted molar refractivity (Wildman–Crippen MR) is 104 cm³/mol. The minimum Gasteiger partial charge on any atom is -0.481 e. The van der Waals surface area contributed by atoms with Gasteiger partial charge in [-0.05, 0) is 67.0 Å². The molecule has 138 valence electrons. The lowest BCUT2D eigenvalue weighted by molar-refractivity contribution is -0.136. The van der Waals surface area contributed by atoms with Crippen LogP contribution in [-0.4, -0.2) is 22.9 Å². The van der Waals surface area contributed by atoms with E-state index in [1.54, 1.807) is 11.3 Å². The number of hydrogen-bond donors (Lipinski definition) is 1. The van der Waals surface area contributed by atoms with Gasteiger partial charge in [-0.15, -0.1) is 11.3 Å². The molecule has 0 bridgehead atoms. The van der Waals surface area contributed by atoms with Crippen LogP contribution in [0, 0.1) is 6.92 Å². The van der Waals surface area contributed by atoms with Gasteiger partial charge in [0.2, 0.25) is 6.79 Å². The molecule has 0 atom stereocenters. The molecule has 6 heteroatoms. The van der Waals surface area contributed by atoms with Crippen LogP contribution in [0.1, 0.15) is 34.5 Å². The highest BCUT2D eigenvalue weighted by atomic mass is 32.1. The van der Waals surface area contributed by atoms with E-state index in [0.717, 1.165) is 51.2 Å². The molecule has 0 unspecified atom stereocenters. The maximum absolute atomic E-state index is 11.6. The van der Waals surface area contributed by atoms with Gasteiger partial charge in [0.1, 0.15) is 4.83 Å². The maximum Gasteiger partial charge on any atom is 0.307 e. The van der Waals surface area contributed by atoms with Crippen molar-refractivity contribution in [3.63, 3.8) is 0 Å². The molecule has 1 aromatic carbocycles. The van der Waals surface area contributed by atoms with Crippen molar-refractivity contribution in [2.24, 2.45) is 0 Å². The summed E-state index contributed by atoms with van der Waals surface area (Å²) in [5, 5.41) is 10.6. The van der Waals surface area contributed by atoms with Crippen LogP contribution in [0.2, 0.25) is 0 Å². The highest BCUT2D eigenvalue weighted by Crippen LogP contribution is 2.45. The van der Waals surface area contributed by atoms with Crippen molar-refractivity contribution in [3.8, 4) is 22.6 Å². The number of pyridine rings is 1. The van der Waals surface area contributed by atoms with Gasteiger partial charge in [-0.1, -0.05) is 6.07 Å². The number of carbonyl (C=O) groups is 1. The van der Waals surface area contributed by atoms with Crippen LogP contribution in [0.4, 0.5) is 0 Å². The second-order valence-corrected chi connectivity index (χ2v) is 8.16. The molecule has 0 saturated heterocycles. The Hall–Kier alpha value is -2.60. The van der Waals surface area contributed by atoms with Gasteiger partial charge in [0.15, 0.2) is 11.5 Å². The van der Waals surface area contributed by atoms with Gasteiger partial charge < -0.3 is 14.6 Å². The van der Waals surface area contributed by atoms with Crippen LogP contribution in [0.5, 0.6) is 11.5 Å². The van der Waals surface area contributed by atoms with Crippen LogP contribution in [0.15, 0.2) is 18.2 Å². The van der Waals surface area contributed by atoms with Crippen molar-refractivity contribution in [2.75, 3.05) is 6.79 Å². The molecule has 0 spiro atoms. The average molecular weight is 381 g/mol. The highest BCUT2D eigenvalue weighted by molar-refractivity contribution is 7.19. The van der Waals surface area contributed by atoms with Crippen molar-refractivity contribution in [3.05, 3.63) is 39.9 Å². The van der Waals surface area contributed by atoms with Crippen molar-refractivity contribution < 1.29 is 19.4 Å². The normalized spacial score (nSPS) is 15.1. The number of carboxylic acids is 1. The minimum absolute atomic E-state index is 0.0385. The third-order valence-corrected chi connectivity index (χ3v) is 6.59. The van der Waals surface area contributed by atoms with Gasteiger partial charge >= 0.3 is 5.97 Å². The molecule has 0 amide bonds. The van der Waals surface area contributed by atoms with E-state index < -0.39 is 5.97 Å². The number of aromatic nitrogens is 1. The van der Waals surface area contributed by atoms with E-state index in [2.05, 4.69) is 0 Å². The van der Waals surface area contributed by atoms with Crippen LogP contribution in [0.25, 0.3) is 21.3 Å². The molecule has 3 aromatic rings. The molecule has 1 N–H and O–H groups in total. The second kappa shape index (κ2) is 6.23. The monoisotopic (exact) mass is 381 g/mol. The summed E-state index contributed by atoms with van der Waals surface area (Å²) in [7, 11) is 0. The maximum atomic E-state index is 11.6. The van der Waals surface area contributed by atoms with Crippen LogP contribution in [-0.2, 0) is 24.1 Å². The minimum atomic E-state index is -0.842. The number of ether oxygens (including phenoxy) is 2. The number of hydrogen-bond acceptors (Lipinski definition) is 5. The predicted octanol–water partition coefficient (Wildman–Crippen LogP) is 4.51. The lowest BCUT2D eigenvalue weighted by Gasteiger charge is -2.16. The zero-order valence-corrected chi connectivity index (χ0v) is 15.8. The number of aryl methyl sites for hydroxylation is 3. The van der Waals surface area contributed by atoms with Gasteiger partial charge in [-0.25, -0.2) is 4.98 Å². The average Bonchev–Trinajstić information content (AvgIpc) is 3.25. The van der Waals surface area contributed by atoms with Crippen LogP contribution >= 0.6 is 11.3 Å². The highest BCUT2D eigenvalue weighted by Gasteiger charge is 2.25.